The summed E-state index contributed by atoms with van der Waals surface area (Å²) in [5.74, 6) is 0.0345. The van der Waals surface area contributed by atoms with Crippen molar-refractivity contribution in [1.82, 2.24) is 4.98 Å². The summed E-state index contributed by atoms with van der Waals surface area (Å²) in [7, 11) is 0. The van der Waals surface area contributed by atoms with Gasteiger partial charge in [-0.3, -0.25) is 9.78 Å². The Kier molecular flexibility index (Phi) is 3.97. The Morgan fingerprint density at radius 1 is 1.14 bits per heavy atom. The number of pyridine rings is 1. The maximum Gasteiger partial charge on any atom is 0.252 e. The molecule has 2 heterocycles. The van der Waals surface area contributed by atoms with Gasteiger partial charge in [-0.1, -0.05) is 13.0 Å². The number of nitrogens with zero attached hydrogens (tertiary/aromatic N) is 2. The first-order chi connectivity index (χ1) is 10.3. The van der Waals surface area contributed by atoms with Crippen LogP contribution in [0.1, 0.15) is 18.9 Å². The topological polar surface area (TPSA) is 42.4 Å². The minimum absolute atomic E-state index is 0.0345. The fourth-order valence-corrected chi connectivity index (χ4v) is 2.62. The van der Waals surface area contributed by atoms with Crippen LogP contribution in [0.3, 0.4) is 0 Å². The summed E-state index contributed by atoms with van der Waals surface area (Å²) >= 11 is 0. The average Bonchev–Trinajstić information content (AvgIpc) is 2.68. The number of benzene rings is 1. The molecule has 2 aromatic rings. The van der Waals surface area contributed by atoms with Crippen molar-refractivity contribution in [3.8, 4) is 11.1 Å². The van der Waals surface area contributed by atoms with Crippen LogP contribution < -0.4 is 4.90 Å². The maximum atomic E-state index is 12.1. The molecule has 1 amide bonds. The van der Waals surface area contributed by atoms with E-state index in [1.165, 1.54) is 0 Å². The molecule has 1 aliphatic heterocycles. The Morgan fingerprint density at radius 2 is 1.95 bits per heavy atom. The summed E-state index contributed by atoms with van der Waals surface area (Å²) in [6.07, 6.45) is 4.49. The second-order valence-corrected chi connectivity index (χ2v) is 5.12. The maximum absolute atomic E-state index is 12.1. The fraction of sp³-hybridized carbons (Fsp3) is 0.294. The van der Waals surface area contributed by atoms with Crippen LogP contribution in [0.15, 0.2) is 42.7 Å². The third-order valence-corrected chi connectivity index (χ3v) is 3.62. The van der Waals surface area contributed by atoms with Gasteiger partial charge in [0.05, 0.1) is 6.61 Å². The molecule has 1 aliphatic rings. The van der Waals surface area contributed by atoms with Gasteiger partial charge in [-0.15, -0.1) is 0 Å². The highest BCUT2D eigenvalue weighted by Crippen LogP contribution is 2.30. The number of hydrogen-bond donors (Lipinski definition) is 0. The molecule has 0 bridgehead atoms. The van der Waals surface area contributed by atoms with E-state index >= 15 is 0 Å². The zero-order valence-electron chi connectivity index (χ0n) is 12.1. The Hall–Kier alpha value is -2.20. The lowest BCUT2D eigenvalue weighted by atomic mass is 10.0. The second-order valence-electron chi connectivity index (χ2n) is 5.12. The van der Waals surface area contributed by atoms with Crippen molar-refractivity contribution in [2.75, 3.05) is 18.1 Å². The Bertz CT molecular complexity index is 640. The van der Waals surface area contributed by atoms with Crippen LogP contribution in [0.4, 0.5) is 5.69 Å². The lowest BCUT2D eigenvalue weighted by Crippen LogP contribution is -2.33. The van der Waals surface area contributed by atoms with Gasteiger partial charge in [0, 0.05) is 30.2 Å². The van der Waals surface area contributed by atoms with Crippen molar-refractivity contribution in [2.24, 2.45) is 0 Å². The number of carbonyl (C=O) groups is 1. The molecular formula is C17H18N2O2. The number of anilines is 1. The third-order valence-electron chi connectivity index (χ3n) is 3.62. The van der Waals surface area contributed by atoms with Crippen LogP contribution in [0.5, 0.6) is 0 Å². The smallest absolute Gasteiger partial charge is 0.252 e. The van der Waals surface area contributed by atoms with E-state index in [9.17, 15) is 4.79 Å². The normalized spacial score (nSPS) is 14.7. The summed E-state index contributed by atoms with van der Waals surface area (Å²) < 4.78 is 5.50. The van der Waals surface area contributed by atoms with Crippen molar-refractivity contribution >= 4 is 11.6 Å². The number of amides is 1. The molecule has 0 aliphatic carbocycles. The van der Waals surface area contributed by atoms with E-state index in [-0.39, 0.29) is 12.5 Å². The van der Waals surface area contributed by atoms with E-state index in [4.69, 9.17) is 4.74 Å². The molecule has 0 N–H and O–H groups in total. The molecule has 0 saturated carbocycles. The van der Waals surface area contributed by atoms with Gasteiger partial charge >= 0.3 is 0 Å². The highest BCUT2D eigenvalue weighted by Gasteiger charge is 2.22. The molecular weight excluding hydrogens is 264 g/mol. The van der Waals surface area contributed by atoms with Gasteiger partial charge in [0.2, 0.25) is 0 Å². The van der Waals surface area contributed by atoms with Crippen molar-refractivity contribution in [3.63, 3.8) is 0 Å². The zero-order chi connectivity index (χ0) is 14.7. The predicted molar refractivity (Wildman–Crippen MR) is 82.0 cm³/mol. The van der Waals surface area contributed by atoms with Gasteiger partial charge in [-0.25, -0.2) is 0 Å². The Labute approximate surface area is 124 Å². The lowest BCUT2D eigenvalue weighted by Gasteiger charge is -2.22. The summed E-state index contributed by atoms with van der Waals surface area (Å²) in [5.41, 5.74) is 4.26. The highest BCUT2D eigenvalue weighted by atomic mass is 16.5. The van der Waals surface area contributed by atoms with E-state index in [1.54, 1.807) is 12.4 Å². The number of hydrogen-bond acceptors (Lipinski definition) is 3. The first-order valence-corrected chi connectivity index (χ1v) is 7.21. The molecule has 4 heteroatoms. The molecule has 0 unspecified atom stereocenters. The number of aromatic nitrogens is 1. The first kappa shape index (κ1) is 13.8. The number of fused-ring (bicyclic) bond motifs is 1. The molecule has 0 atom stereocenters. The Morgan fingerprint density at radius 3 is 2.71 bits per heavy atom. The summed E-state index contributed by atoms with van der Waals surface area (Å²) in [6.45, 7) is 3.42. The standard InChI is InChI=1S/C17H18N2O2/c1-2-9-19-16-4-3-14(13-5-7-18-8-6-13)10-15(16)11-21-12-17(19)20/h3-8,10H,2,9,11-12H2,1H3. The number of carbonyl (C=O) groups excluding carboxylic acids is 1. The van der Waals surface area contributed by atoms with Crippen molar-refractivity contribution in [1.29, 1.82) is 0 Å². The largest absolute Gasteiger partial charge is 0.367 e. The van der Waals surface area contributed by atoms with Gasteiger partial charge in [0.25, 0.3) is 5.91 Å². The van der Waals surface area contributed by atoms with Gasteiger partial charge < -0.3 is 9.64 Å². The van der Waals surface area contributed by atoms with E-state index in [0.717, 1.165) is 35.3 Å². The first-order valence-electron chi connectivity index (χ1n) is 7.21. The lowest BCUT2D eigenvalue weighted by molar-refractivity contribution is -0.123. The fourth-order valence-electron chi connectivity index (χ4n) is 2.62. The monoisotopic (exact) mass is 282 g/mol. The second kappa shape index (κ2) is 6.06. The molecule has 0 radical (unpaired) electrons. The highest BCUT2D eigenvalue weighted by molar-refractivity contribution is 5.96. The molecule has 1 aromatic heterocycles. The number of rotatable bonds is 3. The molecule has 108 valence electrons. The molecule has 1 aromatic carbocycles. The summed E-state index contributed by atoms with van der Waals surface area (Å²) in [5, 5.41) is 0. The van der Waals surface area contributed by atoms with E-state index in [1.807, 2.05) is 23.1 Å². The predicted octanol–water partition coefficient (Wildman–Crippen LogP) is 3.02. The van der Waals surface area contributed by atoms with Gasteiger partial charge in [0.1, 0.15) is 6.61 Å². The van der Waals surface area contributed by atoms with Gasteiger partial charge in [-0.05, 0) is 41.8 Å². The van der Waals surface area contributed by atoms with Gasteiger partial charge in [-0.2, -0.15) is 0 Å². The van der Waals surface area contributed by atoms with Crippen LogP contribution in [0.25, 0.3) is 11.1 Å². The molecule has 0 spiro atoms. The Balaban J connectivity index is 2.02. The number of ether oxygens (including phenoxy) is 1. The molecule has 4 nitrogen and oxygen atoms in total. The average molecular weight is 282 g/mol. The quantitative estimate of drug-likeness (QED) is 0.869. The van der Waals surface area contributed by atoms with Crippen LogP contribution in [0.2, 0.25) is 0 Å². The van der Waals surface area contributed by atoms with E-state index < -0.39 is 0 Å². The molecule has 21 heavy (non-hydrogen) atoms. The van der Waals surface area contributed by atoms with Crippen LogP contribution in [-0.2, 0) is 16.1 Å². The zero-order valence-corrected chi connectivity index (χ0v) is 12.1. The van der Waals surface area contributed by atoms with Crippen molar-refractivity contribution < 1.29 is 9.53 Å². The van der Waals surface area contributed by atoms with E-state index in [2.05, 4.69) is 24.0 Å². The minimum Gasteiger partial charge on any atom is -0.367 e. The van der Waals surface area contributed by atoms with Crippen LogP contribution >= 0.6 is 0 Å². The third kappa shape index (κ3) is 2.81. The SMILES string of the molecule is CCCN1C(=O)COCc2cc(-c3ccncc3)ccc21. The van der Waals surface area contributed by atoms with Crippen molar-refractivity contribution in [3.05, 3.63) is 48.3 Å². The van der Waals surface area contributed by atoms with Crippen LogP contribution in [0, 0.1) is 0 Å². The summed E-state index contributed by atoms with van der Waals surface area (Å²) in [6, 6.07) is 10.1. The minimum atomic E-state index is 0.0345. The van der Waals surface area contributed by atoms with E-state index in [0.29, 0.717) is 6.61 Å². The molecule has 3 rings (SSSR count). The van der Waals surface area contributed by atoms with Crippen molar-refractivity contribution in [2.45, 2.75) is 20.0 Å². The van der Waals surface area contributed by atoms with Crippen LogP contribution in [-0.4, -0.2) is 24.0 Å². The van der Waals surface area contributed by atoms with Gasteiger partial charge in [0.15, 0.2) is 0 Å². The summed E-state index contributed by atoms with van der Waals surface area (Å²) in [4.78, 5) is 18.0. The molecule has 0 fully saturated rings. The molecule has 0 saturated heterocycles.